The molecule has 0 unspecified atom stereocenters. The van der Waals surface area contributed by atoms with E-state index in [1.807, 2.05) is 26.0 Å². The summed E-state index contributed by atoms with van der Waals surface area (Å²) < 4.78 is 30.8. The normalized spacial score (nSPS) is 20.8. The molecule has 0 aliphatic heterocycles. The molecule has 0 amide bonds. The zero-order chi connectivity index (χ0) is 25.0. The molecule has 180 valence electrons. The highest BCUT2D eigenvalue weighted by Crippen LogP contribution is 2.49. The summed E-state index contributed by atoms with van der Waals surface area (Å²) in [6, 6.07) is 12.6. The summed E-state index contributed by atoms with van der Waals surface area (Å²) in [5.41, 5.74) is 1.59. The van der Waals surface area contributed by atoms with Gasteiger partial charge in [0.25, 0.3) is 0 Å². The molecular formula is C27H26F2N4O2. The van der Waals surface area contributed by atoms with E-state index in [0.29, 0.717) is 12.8 Å². The van der Waals surface area contributed by atoms with Crippen LogP contribution in [0.15, 0.2) is 42.6 Å². The Morgan fingerprint density at radius 1 is 1.29 bits per heavy atom. The fraction of sp³-hybridized carbons (Fsp3) is 0.370. The highest BCUT2D eigenvalue weighted by atomic mass is 19.1. The molecule has 2 N–H and O–H groups in total. The van der Waals surface area contributed by atoms with Gasteiger partial charge in [0.2, 0.25) is 5.67 Å². The van der Waals surface area contributed by atoms with E-state index in [0.717, 1.165) is 38.8 Å². The van der Waals surface area contributed by atoms with Gasteiger partial charge in [-0.25, -0.2) is 13.6 Å². The number of halogens is 2. The van der Waals surface area contributed by atoms with Crippen LogP contribution >= 0.6 is 0 Å². The molecule has 2 heterocycles. The molecule has 0 bridgehead atoms. The van der Waals surface area contributed by atoms with Gasteiger partial charge in [0.05, 0.1) is 23.3 Å². The van der Waals surface area contributed by atoms with Gasteiger partial charge in [-0.2, -0.15) is 10.4 Å². The van der Waals surface area contributed by atoms with Crippen molar-refractivity contribution < 1.29 is 18.7 Å². The van der Waals surface area contributed by atoms with E-state index in [1.165, 1.54) is 12.1 Å². The number of nitriles is 1. The second-order valence-electron chi connectivity index (χ2n) is 10.2. The molecule has 0 atom stereocenters. The molecule has 2 aromatic carbocycles. The van der Waals surface area contributed by atoms with Crippen molar-refractivity contribution in [2.45, 2.75) is 63.0 Å². The fourth-order valence-electron chi connectivity index (χ4n) is 5.55. The molecular weight excluding hydrogens is 450 g/mol. The number of alkyl halides is 1. The summed E-state index contributed by atoms with van der Waals surface area (Å²) in [4.78, 5) is 11.5. The first-order valence-corrected chi connectivity index (χ1v) is 11.7. The van der Waals surface area contributed by atoms with Gasteiger partial charge in [-0.15, -0.1) is 0 Å². The maximum atomic E-state index is 14.9. The Morgan fingerprint density at radius 3 is 2.60 bits per heavy atom. The molecule has 4 aromatic rings. The van der Waals surface area contributed by atoms with Gasteiger partial charge in [-0.3, -0.25) is 5.10 Å². The molecule has 1 saturated carbocycles. The smallest absolute Gasteiger partial charge is 0.341 e. The molecule has 8 heteroatoms. The Balaban J connectivity index is 1.82. The van der Waals surface area contributed by atoms with E-state index in [9.17, 15) is 23.9 Å². The second-order valence-corrected chi connectivity index (χ2v) is 10.2. The molecule has 1 aliphatic rings. The number of carboxylic acid groups (broad SMARTS) is 1. The lowest BCUT2D eigenvalue weighted by molar-refractivity contribution is -0.153. The van der Waals surface area contributed by atoms with Crippen LogP contribution in [0.5, 0.6) is 0 Å². The summed E-state index contributed by atoms with van der Waals surface area (Å²) in [5.74, 6) is -1.84. The number of nitrogens with zero attached hydrogens (tertiary/aromatic N) is 3. The first kappa shape index (κ1) is 23.0. The minimum atomic E-state index is -2.22. The van der Waals surface area contributed by atoms with Crippen LogP contribution in [0.1, 0.15) is 63.1 Å². The summed E-state index contributed by atoms with van der Waals surface area (Å²) in [6.07, 6.45) is 2.60. The summed E-state index contributed by atoms with van der Waals surface area (Å²) in [5, 5.41) is 28.1. The Kier molecular flexibility index (Phi) is 5.39. The zero-order valence-corrected chi connectivity index (χ0v) is 19.6. The Labute approximate surface area is 201 Å². The fourth-order valence-corrected chi connectivity index (χ4v) is 5.55. The Morgan fingerprint density at radius 2 is 1.97 bits per heavy atom. The SMILES string of the molecule is CC(C)(CC#N)c1c([C@H]2CC[C@](F)(C(=O)O)CC2)c2cc3[nH]ncc3cc2n1-c1ccc(F)cc1. The molecule has 6 nitrogen and oxygen atoms in total. The predicted molar refractivity (Wildman–Crippen MR) is 129 cm³/mol. The van der Waals surface area contributed by atoms with Crippen LogP contribution in [0.2, 0.25) is 0 Å². The largest absolute Gasteiger partial charge is 0.479 e. The number of benzene rings is 2. The summed E-state index contributed by atoms with van der Waals surface area (Å²) >= 11 is 0. The summed E-state index contributed by atoms with van der Waals surface area (Å²) in [6.45, 7) is 4.00. The first-order valence-electron chi connectivity index (χ1n) is 11.7. The third-order valence-corrected chi connectivity index (χ3v) is 7.38. The molecule has 35 heavy (non-hydrogen) atoms. The quantitative estimate of drug-likeness (QED) is 0.354. The number of H-pyrrole nitrogens is 1. The van der Waals surface area contributed by atoms with Crippen LogP contribution in [0, 0.1) is 17.1 Å². The molecule has 1 aliphatic carbocycles. The number of rotatable bonds is 5. The Bertz CT molecular complexity index is 1470. The lowest BCUT2D eigenvalue weighted by atomic mass is 9.73. The third kappa shape index (κ3) is 3.75. The molecule has 0 spiro atoms. The van der Waals surface area contributed by atoms with Crippen LogP contribution in [-0.2, 0) is 10.2 Å². The van der Waals surface area contributed by atoms with Crippen molar-refractivity contribution in [2.24, 2.45) is 0 Å². The van der Waals surface area contributed by atoms with Crippen molar-refractivity contribution in [1.29, 1.82) is 5.26 Å². The highest BCUT2D eigenvalue weighted by molar-refractivity contribution is 5.99. The van der Waals surface area contributed by atoms with Crippen LogP contribution < -0.4 is 0 Å². The molecule has 2 aromatic heterocycles. The molecule has 0 saturated heterocycles. The van der Waals surface area contributed by atoms with Crippen molar-refractivity contribution in [3.8, 4) is 11.8 Å². The average Bonchev–Trinajstić information content (AvgIpc) is 3.41. The second kappa shape index (κ2) is 8.19. The average molecular weight is 477 g/mol. The third-order valence-electron chi connectivity index (χ3n) is 7.38. The molecule has 5 rings (SSSR count). The predicted octanol–water partition coefficient (Wildman–Crippen LogP) is 6.29. The van der Waals surface area contributed by atoms with Crippen LogP contribution in [0.4, 0.5) is 8.78 Å². The number of aliphatic carboxylic acids is 1. The van der Waals surface area contributed by atoms with E-state index in [1.54, 1.807) is 18.3 Å². The standard InChI is InChI=1S/C27H26F2N4O2/c1-26(2,11-12-30)24-23(16-7-9-27(29,10-8-16)25(34)35)20-14-21-17(15-31-32-21)13-22(20)33(24)19-5-3-18(28)4-6-19/h3-6,13-16H,7-11H2,1-2H3,(H,31,32)(H,34,35)/t16-,27+. The van der Waals surface area contributed by atoms with Gasteiger partial charge >= 0.3 is 5.97 Å². The maximum Gasteiger partial charge on any atom is 0.341 e. The first-order chi connectivity index (χ1) is 16.6. The lowest BCUT2D eigenvalue weighted by Gasteiger charge is -2.34. The summed E-state index contributed by atoms with van der Waals surface area (Å²) in [7, 11) is 0. The highest BCUT2D eigenvalue weighted by Gasteiger charge is 2.44. The van der Waals surface area contributed by atoms with Crippen molar-refractivity contribution in [3.05, 3.63) is 59.7 Å². The number of fused-ring (bicyclic) bond motifs is 2. The van der Waals surface area contributed by atoms with Gasteiger partial charge < -0.3 is 9.67 Å². The van der Waals surface area contributed by atoms with Gasteiger partial charge in [-0.1, -0.05) is 13.8 Å². The zero-order valence-electron chi connectivity index (χ0n) is 19.6. The van der Waals surface area contributed by atoms with E-state index < -0.39 is 17.1 Å². The Hall–Kier alpha value is -3.73. The number of hydrogen-bond acceptors (Lipinski definition) is 3. The van der Waals surface area contributed by atoms with Crippen molar-refractivity contribution in [1.82, 2.24) is 14.8 Å². The van der Waals surface area contributed by atoms with Gasteiger partial charge in [-0.05, 0) is 73.6 Å². The minimum absolute atomic E-state index is 0.0688. The lowest BCUT2D eigenvalue weighted by Crippen LogP contribution is -2.37. The minimum Gasteiger partial charge on any atom is -0.479 e. The van der Waals surface area contributed by atoms with Crippen molar-refractivity contribution >= 4 is 27.8 Å². The number of aromatic amines is 1. The number of carboxylic acids is 1. The van der Waals surface area contributed by atoms with E-state index in [-0.39, 0.29) is 31.0 Å². The van der Waals surface area contributed by atoms with Gasteiger partial charge in [0.1, 0.15) is 5.82 Å². The van der Waals surface area contributed by atoms with Crippen molar-refractivity contribution in [2.75, 3.05) is 0 Å². The maximum absolute atomic E-state index is 14.9. The van der Waals surface area contributed by atoms with Crippen molar-refractivity contribution in [3.63, 3.8) is 0 Å². The number of aromatic nitrogens is 3. The monoisotopic (exact) mass is 476 g/mol. The van der Waals surface area contributed by atoms with E-state index >= 15 is 0 Å². The topological polar surface area (TPSA) is 94.7 Å². The van der Waals surface area contributed by atoms with Crippen LogP contribution in [-0.4, -0.2) is 31.5 Å². The van der Waals surface area contributed by atoms with Gasteiger partial charge in [0, 0.05) is 34.0 Å². The number of hydrogen-bond donors (Lipinski definition) is 2. The number of carbonyl (C=O) groups is 1. The van der Waals surface area contributed by atoms with Crippen LogP contribution in [0.25, 0.3) is 27.5 Å². The van der Waals surface area contributed by atoms with Crippen LogP contribution in [0.3, 0.4) is 0 Å². The van der Waals surface area contributed by atoms with Gasteiger partial charge in [0.15, 0.2) is 0 Å². The molecule has 0 radical (unpaired) electrons. The number of nitrogens with one attached hydrogen (secondary N) is 1. The molecule has 1 fully saturated rings. The van der Waals surface area contributed by atoms with E-state index in [4.69, 9.17) is 0 Å². The van der Waals surface area contributed by atoms with E-state index in [2.05, 4.69) is 20.8 Å².